The predicted octanol–water partition coefficient (Wildman–Crippen LogP) is 2.65. The van der Waals surface area contributed by atoms with Crippen molar-refractivity contribution in [1.29, 1.82) is 0 Å². The van der Waals surface area contributed by atoms with Gasteiger partial charge in [0.15, 0.2) is 5.82 Å². The molecule has 11 nitrogen and oxygen atoms in total. The third kappa shape index (κ3) is 4.25. The van der Waals surface area contributed by atoms with Gasteiger partial charge >= 0.3 is 0 Å². The van der Waals surface area contributed by atoms with Crippen LogP contribution in [0.1, 0.15) is 5.69 Å². The number of nitrogens with one attached hydrogen (secondary N) is 2. The number of nitrogens with zero attached hydrogens (tertiary/aromatic N) is 5. The molecule has 4 rings (SSSR count). The van der Waals surface area contributed by atoms with Crippen molar-refractivity contribution in [2.24, 2.45) is 0 Å². The molecular weight excluding hydrogens is 434 g/mol. The van der Waals surface area contributed by atoms with Gasteiger partial charge in [0.25, 0.3) is 5.88 Å². The van der Waals surface area contributed by atoms with Crippen LogP contribution >= 0.6 is 0 Å². The molecule has 3 heterocycles. The van der Waals surface area contributed by atoms with Crippen LogP contribution in [0.15, 0.2) is 42.9 Å². The van der Waals surface area contributed by atoms with Crippen LogP contribution in [0.4, 0.5) is 17.3 Å². The van der Waals surface area contributed by atoms with E-state index in [0.717, 1.165) is 22.9 Å². The summed E-state index contributed by atoms with van der Waals surface area (Å²) in [7, 11) is -0.394. The Morgan fingerprint density at radius 2 is 1.81 bits per heavy atom. The molecule has 166 valence electrons. The molecule has 0 aliphatic heterocycles. The van der Waals surface area contributed by atoms with Gasteiger partial charge in [-0.1, -0.05) is 0 Å². The maximum absolute atomic E-state index is 11.6. The third-order valence-electron chi connectivity index (χ3n) is 4.57. The Labute approximate surface area is 184 Å². The van der Waals surface area contributed by atoms with E-state index < -0.39 is 10.0 Å². The lowest BCUT2D eigenvalue weighted by atomic mass is 10.2. The van der Waals surface area contributed by atoms with Gasteiger partial charge in [0.2, 0.25) is 10.0 Å². The highest BCUT2D eigenvalue weighted by Crippen LogP contribution is 2.32. The predicted molar refractivity (Wildman–Crippen MR) is 120 cm³/mol. The highest BCUT2D eigenvalue weighted by molar-refractivity contribution is 7.92. The van der Waals surface area contributed by atoms with Crippen LogP contribution in [0.25, 0.3) is 16.6 Å². The largest absolute Gasteiger partial charge is 0.494 e. The Balaban J connectivity index is 1.79. The number of fused-ring (bicyclic) bond motifs is 1. The zero-order chi connectivity index (χ0) is 22.9. The van der Waals surface area contributed by atoms with Crippen LogP contribution in [-0.2, 0) is 10.0 Å². The summed E-state index contributed by atoms with van der Waals surface area (Å²) in [5.74, 6) is 1.74. The number of pyridine rings is 1. The lowest BCUT2D eigenvalue weighted by Crippen LogP contribution is -2.10. The minimum atomic E-state index is -3.42. The summed E-state index contributed by atoms with van der Waals surface area (Å²) in [6.45, 7) is 1.88. The average molecular weight is 456 g/mol. The van der Waals surface area contributed by atoms with Crippen LogP contribution in [0.2, 0.25) is 0 Å². The van der Waals surface area contributed by atoms with E-state index in [-0.39, 0.29) is 0 Å². The Kier molecular flexibility index (Phi) is 5.53. The molecule has 1 aromatic carbocycles. The van der Waals surface area contributed by atoms with E-state index in [0.29, 0.717) is 34.6 Å². The molecule has 0 atom stereocenters. The summed E-state index contributed by atoms with van der Waals surface area (Å²) in [6.07, 6.45) is 5.89. The van der Waals surface area contributed by atoms with E-state index >= 15 is 0 Å². The Morgan fingerprint density at radius 1 is 1.03 bits per heavy atom. The van der Waals surface area contributed by atoms with Crippen LogP contribution in [0.3, 0.4) is 0 Å². The summed E-state index contributed by atoms with van der Waals surface area (Å²) in [4.78, 5) is 12.8. The van der Waals surface area contributed by atoms with Crippen molar-refractivity contribution in [3.63, 3.8) is 0 Å². The van der Waals surface area contributed by atoms with Gasteiger partial charge in [-0.05, 0) is 19.1 Å². The second-order valence-electron chi connectivity index (χ2n) is 6.88. The maximum atomic E-state index is 11.6. The van der Waals surface area contributed by atoms with Crippen LogP contribution in [0, 0.1) is 6.92 Å². The maximum Gasteiger partial charge on any atom is 0.257 e. The van der Waals surface area contributed by atoms with Crippen molar-refractivity contribution in [3.8, 4) is 17.3 Å². The summed E-state index contributed by atoms with van der Waals surface area (Å²) < 4.78 is 38.0. The molecule has 0 spiro atoms. The zero-order valence-corrected chi connectivity index (χ0v) is 18.6. The monoisotopic (exact) mass is 455 g/mol. The molecule has 0 saturated heterocycles. The summed E-state index contributed by atoms with van der Waals surface area (Å²) in [5, 5.41) is 8.59. The Morgan fingerprint density at radius 3 is 2.53 bits per heavy atom. The van der Waals surface area contributed by atoms with Crippen molar-refractivity contribution >= 4 is 38.2 Å². The number of ether oxygens (including phenoxy) is 2. The Hall–Kier alpha value is -3.93. The molecular formula is C20H21N7O4S. The SMILES string of the molecule is COc1cc(NS(C)(=O)=O)ccc1-n1nc(C)c2cnc(Nc3nccnc3OC)cc21. The van der Waals surface area contributed by atoms with E-state index in [9.17, 15) is 8.42 Å². The van der Waals surface area contributed by atoms with Crippen LogP contribution in [0.5, 0.6) is 11.6 Å². The van der Waals surface area contributed by atoms with E-state index in [1.807, 2.05) is 13.0 Å². The minimum Gasteiger partial charge on any atom is -0.494 e. The van der Waals surface area contributed by atoms with Crippen molar-refractivity contribution in [3.05, 3.63) is 48.5 Å². The first-order valence-electron chi connectivity index (χ1n) is 9.42. The quantitative estimate of drug-likeness (QED) is 0.431. The lowest BCUT2D eigenvalue weighted by Gasteiger charge is -2.13. The second kappa shape index (κ2) is 8.30. The standard InChI is InChI=1S/C20H21N7O4S/c1-12-14-11-23-18(24-19-20(31-3)22-8-7-21-19)10-16(14)27(25-12)15-6-5-13(9-17(15)30-2)26-32(4,28)29/h5-11,26H,1-4H3,(H,21,23,24). The van der Waals surface area contributed by atoms with Gasteiger partial charge in [0.1, 0.15) is 17.3 Å². The van der Waals surface area contributed by atoms with Gasteiger partial charge in [-0.15, -0.1) is 0 Å². The summed E-state index contributed by atoms with van der Waals surface area (Å²) in [5.41, 5.74) is 2.57. The van der Waals surface area contributed by atoms with Gasteiger partial charge in [-0.2, -0.15) is 5.10 Å². The minimum absolute atomic E-state index is 0.342. The molecule has 0 amide bonds. The number of anilines is 3. The number of benzene rings is 1. The molecule has 0 fully saturated rings. The van der Waals surface area contributed by atoms with E-state index in [4.69, 9.17) is 9.47 Å². The summed E-state index contributed by atoms with van der Waals surface area (Å²) in [6, 6.07) is 6.81. The lowest BCUT2D eigenvalue weighted by molar-refractivity contribution is 0.398. The summed E-state index contributed by atoms with van der Waals surface area (Å²) >= 11 is 0. The van der Waals surface area contributed by atoms with Gasteiger partial charge in [-0.3, -0.25) is 4.72 Å². The molecule has 0 unspecified atom stereocenters. The van der Waals surface area contributed by atoms with Gasteiger partial charge in [-0.25, -0.2) is 28.1 Å². The molecule has 0 saturated carbocycles. The molecule has 0 aliphatic rings. The topological polar surface area (TPSA) is 133 Å². The fraction of sp³-hybridized carbons (Fsp3) is 0.200. The number of hydrogen-bond acceptors (Lipinski definition) is 9. The van der Waals surface area contributed by atoms with Crippen molar-refractivity contribution in [2.75, 3.05) is 30.5 Å². The average Bonchev–Trinajstić information content (AvgIpc) is 3.08. The van der Waals surface area contributed by atoms with Crippen molar-refractivity contribution < 1.29 is 17.9 Å². The van der Waals surface area contributed by atoms with Crippen LogP contribution < -0.4 is 19.5 Å². The van der Waals surface area contributed by atoms with Crippen molar-refractivity contribution in [2.45, 2.75) is 6.92 Å². The normalized spacial score (nSPS) is 11.4. The first kappa shape index (κ1) is 21.3. The first-order valence-corrected chi connectivity index (χ1v) is 11.3. The highest BCUT2D eigenvalue weighted by Gasteiger charge is 2.16. The number of methoxy groups -OCH3 is 2. The molecule has 2 N–H and O–H groups in total. The molecule has 12 heteroatoms. The number of sulfonamides is 1. The highest BCUT2D eigenvalue weighted by atomic mass is 32.2. The van der Waals surface area contributed by atoms with E-state index in [2.05, 4.69) is 30.1 Å². The number of aryl methyl sites for hydroxylation is 1. The smallest absolute Gasteiger partial charge is 0.257 e. The van der Waals surface area contributed by atoms with Crippen LogP contribution in [-0.4, -0.2) is 53.6 Å². The van der Waals surface area contributed by atoms with Gasteiger partial charge < -0.3 is 14.8 Å². The number of rotatable bonds is 7. The number of aromatic nitrogens is 5. The van der Waals surface area contributed by atoms with Gasteiger partial charge in [0.05, 0.1) is 37.4 Å². The molecule has 3 aromatic heterocycles. The molecule has 32 heavy (non-hydrogen) atoms. The Bertz CT molecular complexity index is 1400. The number of hydrogen-bond donors (Lipinski definition) is 2. The molecule has 4 aromatic rings. The zero-order valence-electron chi connectivity index (χ0n) is 17.8. The fourth-order valence-corrected chi connectivity index (χ4v) is 3.78. The molecule has 0 aliphatic carbocycles. The first-order chi connectivity index (χ1) is 15.3. The molecule has 0 bridgehead atoms. The third-order valence-corrected chi connectivity index (χ3v) is 5.17. The van der Waals surface area contributed by atoms with Gasteiger partial charge in [0, 0.05) is 36.1 Å². The fourth-order valence-electron chi connectivity index (χ4n) is 3.22. The second-order valence-corrected chi connectivity index (χ2v) is 8.63. The van der Waals surface area contributed by atoms with E-state index in [1.165, 1.54) is 20.4 Å². The molecule has 0 radical (unpaired) electrons. The van der Waals surface area contributed by atoms with Crippen molar-refractivity contribution in [1.82, 2.24) is 24.7 Å². The van der Waals surface area contributed by atoms with E-state index in [1.54, 1.807) is 35.3 Å².